The van der Waals surface area contributed by atoms with Crippen LogP contribution in [0.25, 0.3) is 0 Å². The lowest BCUT2D eigenvalue weighted by Gasteiger charge is -2.09. The van der Waals surface area contributed by atoms with Crippen molar-refractivity contribution in [3.05, 3.63) is 5.01 Å². The van der Waals surface area contributed by atoms with Gasteiger partial charge >= 0.3 is 0 Å². The van der Waals surface area contributed by atoms with Crippen LogP contribution in [0.1, 0.15) is 48.8 Å². The van der Waals surface area contributed by atoms with Gasteiger partial charge in [-0.15, -0.1) is 10.2 Å². The Balaban J connectivity index is 1.87. The SMILES string of the molecule is CCCNc1nnc(C(=O)NC2CCCC2)s1. The van der Waals surface area contributed by atoms with Gasteiger partial charge in [0, 0.05) is 12.6 Å². The van der Waals surface area contributed by atoms with E-state index >= 15 is 0 Å². The van der Waals surface area contributed by atoms with Crippen LogP contribution in [0.3, 0.4) is 0 Å². The van der Waals surface area contributed by atoms with Crippen molar-refractivity contribution in [2.75, 3.05) is 11.9 Å². The minimum atomic E-state index is -0.0843. The molecule has 0 spiro atoms. The highest BCUT2D eigenvalue weighted by Gasteiger charge is 2.20. The summed E-state index contributed by atoms with van der Waals surface area (Å²) < 4.78 is 0. The number of hydrogen-bond donors (Lipinski definition) is 2. The predicted octanol–water partition coefficient (Wildman–Crippen LogP) is 2.03. The van der Waals surface area contributed by atoms with E-state index in [4.69, 9.17) is 0 Å². The van der Waals surface area contributed by atoms with E-state index < -0.39 is 0 Å². The van der Waals surface area contributed by atoms with Crippen LogP contribution in [-0.2, 0) is 0 Å². The Morgan fingerprint density at radius 3 is 2.88 bits per heavy atom. The Kier molecular flexibility index (Phi) is 4.30. The number of rotatable bonds is 5. The lowest BCUT2D eigenvalue weighted by atomic mass is 10.2. The molecular formula is C11H18N4OS. The largest absolute Gasteiger partial charge is 0.360 e. The molecule has 1 saturated carbocycles. The molecule has 17 heavy (non-hydrogen) atoms. The summed E-state index contributed by atoms with van der Waals surface area (Å²) in [6.07, 6.45) is 5.63. The van der Waals surface area contributed by atoms with E-state index in [0.29, 0.717) is 11.0 Å². The summed E-state index contributed by atoms with van der Waals surface area (Å²) in [6, 6.07) is 0.332. The highest BCUT2D eigenvalue weighted by atomic mass is 32.1. The summed E-state index contributed by atoms with van der Waals surface area (Å²) in [7, 11) is 0. The summed E-state index contributed by atoms with van der Waals surface area (Å²) in [6.45, 7) is 2.95. The van der Waals surface area contributed by atoms with E-state index in [1.807, 2.05) is 0 Å². The summed E-state index contributed by atoms with van der Waals surface area (Å²) in [5.41, 5.74) is 0. The molecule has 94 valence electrons. The molecule has 5 nitrogen and oxygen atoms in total. The quantitative estimate of drug-likeness (QED) is 0.843. The molecule has 2 N–H and O–H groups in total. The number of carbonyl (C=O) groups is 1. The molecule has 0 aliphatic heterocycles. The Bertz CT molecular complexity index is 373. The van der Waals surface area contributed by atoms with E-state index in [1.54, 1.807) is 0 Å². The van der Waals surface area contributed by atoms with Gasteiger partial charge < -0.3 is 10.6 Å². The molecular weight excluding hydrogens is 236 g/mol. The van der Waals surface area contributed by atoms with Crippen molar-refractivity contribution in [1.82, 2.24) is 15.5 Å². The Labute approximate surface area is 105 Å². The van der Waals surface area contributed by atoms with Crippen molar-refractivity contribution in [2.24, 2.45) is 0 Å². The average molecular weight is 254 g/mol. The minimum absolute atomic E-state index is 0.0843. The summed E-state index contributed by atoms with van der Waals surface area (Å²) in [5, 5.41) is 15.2. The molecule has 0 atom stereocenters. The zero-order valence-electron chi connectivity index (χ0n) is 10.0. The highest BCUT2D eigenvalue weighted by molar-refractivity contribution is 7.17. The third kappa shape index (κ3) is 3.39. The van der Waals surface area contributed by atoms with Gasteiger partial charge in [-0.25, -0.2) is 0 Å². The van der Waals surface area contributed by atoms with E-state index in [9.17, 15) is 4.79 Å². The van der Waals surface area contributed by atoms with Gasteiger partial charge in [0.1, 0.15) is 0 Å². The van der Waals surface area contributed by atoms with Gasteiger partial charge in [0.15, 0.2) is 0 Å². The molecule has 0 bridgehead atoms. The van der Waals surface area contributed by atoms with Crippen LogP contribution < -0.4 is 10.6 Å². The van der Waals surface area contributed by atoms with E-state index in [2.05, 4.69) is 27.8 Å². The predicted molar refractivity (Wildman–Crippen MR) is 68.4 cm³/mol. The van der Waals surface area contributed by atoms with Gasteiger partial charge in [-0.05, 0) is 19.3 Å². The first-order valence-electron chi connectivity index (χ1n) is 6.18. The second-order valence-electron chi connectivity index (χ2n) is 4.29. The molecule has 1 amide bonds. The maximum atomic E-state index is 11.9. The van der Waals surface area contributed by atoms with Gasteiger partial charge in [-0.3, -0.25) is 4.79 Å². The second-order valence-corrected chi connectivity index (χ2v) is 5.27. The minimum Gasteiger partial charge on any atom is -0.360 e. The van der Waals surface area contributed by atoms with Crippen LogP contribution in [0.2, 0.25) is 0 Å². The van der Waals surface area contributed by atoms with E-state index in [1.165, 1.54) is 24.2 Å². The molecule has 0 unspecified atom stereocenters. The van der Waals surface area contributed by atoms with Crippen LogP contribution >= 0.6 is 11.3 Å². The lowest BCUT2D eigenvalue weighted by Crippen LogP contribution is -2.32. The smallest absolute Gasteiger partial charge is 0.282 e. The maximum absolute atomic E-state index is 11.9. The number of amides is 1. The number of anilines is 1. The molecule has 1 aromatic heterocycles. The second kappa shape index (κ2) is 5.95. The number of nitrogens with zero attached hydrogens (tertiary/aromatic N) is 2. The number of carbonyl (C=O) groups excluding carboxylic acids is 1. The van der Waals surface area contributed by atoms with Crippen molar-refractivity contribution in [2.45, 2.75) is 45.1 Å². The number of hydrogen-bond acceptors (Lipinski definition) is 5. The van der Waals surface area contributed by atoms with Gasteiger partial charge in [0.25, 0.3) is 5.91 Å². The van der Waals surface area contributed by atoms with Crippen LogP contribution in [0, 0.1) is 0 Å². The van der Waals surface area contributed by atoms with Crippen molar-refractivity contribution in [3.63, 3.8) is 0 Å². The molecule has 0 aromatic carbocycles. The Morgan fingerprint density at radius 2 is 2.18 bits per heavy atom. The Morgan fingerprint density at radius 1 is 1.41 bits per heavy atom. The molecule has 6 heteroatoms. The van der Waals surface area contributed by atoms with Gasteiger partial charge in [-0.1, -0.05) is 31.1 Å². The first kappa shape index (κ1) is 12.3. The summed E-state index contributed by atoms with van der Waals surface area (Å²) in [4.78, 5) is 11.9. The first-order chi connectivity index (χ1) is 8.29. The summed E-state index contributed by atoms with van der Waals surface area (Å²) in [5.74, 6) is -0.0843. The van der Waals surface area contributed by atoms with Crippen LogP contribution in [0.4, 0.5) is 5.13 Å². The lowest BCUT2D eigenvalue weighted by molar-refractivity contribution is 0.0937. The zero-order valence-corrected chi connectivity index (χ0v) is 10.8. The fraction of sp³-hybridized carbons (Fsp3) is 0.727. The standard InChI is InChI=1S/C11H18N4OS/c1-2-7-12-11-15-14-10(17-11)9(16)13-8-5-3-4-6-8/h8H,2-7H2,1H3,(H,12,15)(H,13,16). The highest BCUT2D eigenvalue weighted by Crippen LogP contribution is 2.19. The van der Waals surface area contributed by atoms with Crippen LogP contribution in [-0.4, -0.2) is 28.7 Å². The van der Waals surface area contributed by atoms with Crippen molar-refractivity contribution < 1.29 is 4.79 Å². The fourth-order valence-corrected chi connectivity index (χ4v) is 2.61. The van der Waals surface area contributed by atoms with Gasteiger partial charge in [-0.2, -0.15) is 0 Å². The Hall–Kier alpha value is -1.17. The van der Waals surface area contributed by atoms with Crippen LogP contribution in [0.5, 0.6) is 0 Å². The molecule has 1 aromatic rings. The summed E-state index contributed by atoms with van der Waals surface area (Å²) >= 11 is 1.32. The number of aromatic nitrogens is 2. The van der Waals surface area contributed by atoms with Crippen molar-refractivity contribution in [3.8, 4) is 0 Å². The molecule has 0 radical (unpaired) electrons. The topological polar surface area (TPSA) is 66.9 Å². The molecule has 1 aliphatic carbocycles. The normalized spacial score (nSPS) is 16.1. The average Bonchev–Trinajstić information content (AvgIpc) is 2.96. The fourth-order valence-electron chi connectivity index (χ4n) is 1.94. The zero-order chi connectivity index (χ0) is 12.1. The molecule has 1 aliphatic rings. The van der Waals surface area contributed by atoms with Crippen LogP contribution in [0.15, 0.2) is 0 Å². The monoisotopic (exact) mass is 254 g/mol. The number of nitrogens with one attached hydrogen (secondary N) is 2. The van der Waals surface area contributed by atoms with Crippen molar-refractivity contribution >= 4 is 22.4 Å². The molecule has 1 fully saturated rings. The van der Waals surface area contributed by atoms with Gasteiger partial charge in [0.2, 0.25) is 10.1 Å². The van der Waals surface area contributed by atoms with E-state index in [0.717, 1.165) is 30.9 Å². The third-order valence-corrected chi connectivity index (χ3v) is 3.72. The first-order valence-corrected chi connectivity index (χ1v) is 6.99. The maximum Gasteiger partial charge on any atom is 0.282 e. The van der Waals surface area contributed by atoms with Gasteiger partial charge in [0.05, 0.1) is 0 Å². The molecule has 1 heterocycles. The van der Waals surface area contributed by atoms with E-state index in [-0.39, 0.29) is 5.91 Å². The molecule has 2 rings (SSSR count). The molecule has 0 saturated heterocycles. The van der Waals surface area contributed by atoms with Crippen molar-refractivity contribution in [1.29, 1.82) is 0 Å². The third-order valence-electron chi connectivity index (χ3n) is 2.84.